The van der Waals surface area contributed by atoms with Crippen LogP contribution in [0.5, 0.6) is 0 Å². The highest BCUT2D eigenvalue weighted by molar-refractivity contribution is 5.32. The maximum absolute atomic E-state index is 5.85. The van der Waals surface area contributed by atoms with E-state index in [1.54, 1.807) is 6.20 Å². The van der Waals surface area contributed by atoms with Crippen LogP contribution in [0.25, 0.3) is 5.69 Å². The Morgan fingerprint density at radius 3 is 2.90 bits per heavy atom. The van der Waals surface area contributed by atoms with Crippen molar-refractivity contribution in [2.45, 2.75) is 19.1 Å². The van der Waals surface area contributed by atoms with Crippen LogP contribution < -0.4 is 5.32 Å². The Balaban J connectivity index is 1.91. The second-order valence-corrected chi connectivity index (χ2v) is 4.93. The molecule has 6 heteroatoms. The number of likely N-dealkylation sites (N-methyl/N-ethyl adjacent to an activating group) is 1. The van der Waals surface area contributed by atoms with E-state index < -0.39 is 0 Å². The lowest BCUT2D eigenvalue weighted by Gasteiger charge is -2.30. The van der Waals surface area contributed by atoms with E-state index in [1.807, 2.05) is 35.0 Å². The van der Waals surface area contributed by atoms with Crippen molar-refractivity contribution in [3.8, 4) is 5.69 Å². The lowest BCUT2D eigenvalue weighted by atomic mass is 10.1. The van der Waals surface area contributed by atoms with E-state index in [4.69, 9.17) is 9.47 Å². The Hall–Kier alpha value is -1.76. The molecule has 1 aliphatic heterocycles. The van der Waals surface area contributed by atoms with Crippen molar-refractivity contribution in [1.82, 2.24) is 20.3 Å². The second-order valence-electron chi connectivity index (χ2n) is 4.93. The number of nitrogens with one attached hydrogen (secondary N) is 1. The first kappa shape index (κ1) is 14.2. The molecule has 2 unspecified atom stereocenters. The first-order valence-electron chi connectivity index (χ1n) is 7.29. The zero-order chi connectivity index (χ0) is 14.5. The maximum atomic E-state index is 5.85. The van der Waals surface area contributed by atoms with E-state index in [0.29, 0.717) is 19.8 Å². The zero-order valence-corrected chi connectivity index (χ0v) is 12.1. The minimum Gasteiger partial charge on any atom is -0.376 e. The number of hydrogen-bond donors (Lipinski definition) is 1. The molecule has 6 nitrogen and oxygen atoms in total. The van der Waals surface area contributed by atoms with Crippen LogP contribution in [0.1, 0.15) is 18.7 Å². The number of nitrogens with zero attached hydrogens (tertiary/aromatic N) is 3. The molecule has 1 aliphatic rings. The van der Waals surface area contributed by atoms with Gasteiger partial charge in [-0.05, 0) is 18.7 Å². The van der Waals surface area contributed by atoms with Gasteiger partial charge < -0.3 is 14.8 Å². The topological polar surface area (TPSA) is 61.2 Å². The summed E-state index contributed by atoms with van der Waals surface area (Å²) in [7, 11) is 0. The molecular weight excluding hydrogens is 268 g/mol. The summed E-state index contributed by atoms with van der Waals surface area (Å²) in [5, 5.41) is 11.7. The van der Waals surface area contributed by atoms with Crippen LogP contribution in [-0.4, -0.2) is 47.5 Å². The van der Waals surface area contributed by atoms with Crippen LogP contribution in [0.3, 0.4) is 0 Å². The predicted molar refractivity (Wildman–Crippen MR) is 78.3 cm³/mol. The average molecular weight is 288 g/mol. The fourth-order valence-corrected chi connectivity index (χ4v) is 2.57. The molecular formula is C15H20N4O2. The summed E-state index contributed by atoms with van der Waals surface area (Å²) in [5.74, 6) is 0. The molecule has 1 aromatic heterocycles. The summed E-state index contributed by atoms with van der Waals surface area (Å²) in [6.45, 7) is 4.78. The van der Waals surface area contributed by atoms with Crippen LogP contribution in [0.4, 0.5) is 0 Å². The molecule has 0 radical (unpaired) electrons. The monoisotopic (exact) mass is 288 g/mol. The predicted octanol–water partition coefficient (Wildman–Crippen LogP) is 1.33. The van der Waals surface area contributed by atoms with Crippen molar-refractivity contribution in [2.75, 3.05) is 26.4 Å². The van der Waals surface area contributed by atoms with E-state index in [-0.39, 0.29) is 12.1 Å². The zero-order valence-electron chi connectivity index (χ0n) is 12.1. The number of ether oxygens (including phenoxy) is 2. The normalized spacial score (nSPS) is 20.3. The van der Waals surface area contributed by atoms with Crippen LogP contribution >= 0.6 is 0 Å². The first-order chi connectivity index (χ1) is 10.4. The molecule has 1 saturated heterocycles. The number of rotatable bonds is 5. The van der Waals surface area contributed by atoms with Gasteiger partial charge >= 0.3 is 0 Å². The summed E-state index contributed by atoms with van der Waals surface area (Å²) in [6, 6.07) is 10.00. The minimum absolute atomic E-state index is 0.00510. The van der Waals surface area contributed by atoms with E-state index in [1.165, 1.54) is 0 Å². The van der Waals surface area contributed by atoms with Crippen molar-refractivity contribution in [2.24, 2.45) is 0 Å². The van der Waals surface area contributed by atoms with Crippen LogP contribution in [0.15, 0.2) is 36.5 Å². The van der Waals surface area contributed by atoms with Crippen molar-refractivity contribution < 1.29 is 9.47 Å². The number of benzene rings is 1. The SMILES string of the molecule is CCNC(c1cnnn1-c1ccccc1)C1COCCO1. The molecule has 2 aromatic rings. The summed E-state index contributed by atoms with van der Waals surface area (Å²) < 4.78 is 13.2. The molecule has 0 bridgehead atoms. The Kier molecular flexibility index (Phi) is 4.59. The van der Waals surface area contributed by atoms with E-state index in [2.05, 4.69) is 22.6 Å². The van der Waals surface area contributed by atoms with Gasteiger partial charge in [0.05, 0.1) is 43.4 Å². The van der Waals surface area contributed by atoms with Gasteiger partial charge in [-0.1, -0.05) is 30.3 Å². The lowest BCUT2D eigenvalue weighted by molar-refractivity contribution is -0.103. The fourth-order valence-electron chi connectivity index (χ4n) is 2.57. The van der Waals surface area contributed by atoms with E-state index in [9.17, 15) is 0 Å². The van der Waals surface area contributed by atoms with Crippen molar-refractivity contribution in [3.63, 3.8) is 0 Å². The third-order valence-corrected chi connectivity index (χ3v) is 3.53. The second kappa shape index (κ2) is 6.80. The average Bonchev–Trinajstić information content (AvgIpc) is 3.03. The first-order valence-corrected chi connectivity index (χ1v) is 7.29. The Bertz CT molecular complexity index is 552. The largest absolute Gasteiger partial charge is 0.376 e. The quantitative estimate of drug-likeness (QED) is 0.899. The van der Waals surface area contributed by atoms with Gasteiger partial charge in [0, 0.05) is 0 Å². The Labute approximate surface area is 124 Å². The molecule has 0 saturated carbocycles. The highest BCUT2D eigenvalue weighted by Crippen LogP contribution is 2.23. The molecule has 21 heavy (non-hydrogen) atoms. The molecule has 0 spiro atoms. The highest BCUT2D eigenvalue weighted by atomic mass is 16.6. The van der Waals surface area contributed by atoms with Crippen LogP contribution in [0, 0.1) is 0 Å². The molecule has 2 heterocycles. The lowest BCUT2D eigenvalue weighted by Crippen LogP contribution is -2.41. The highest BCUT2D eigenvalue weighted by Gasteiger charge is 2.29. The van der Waals surface area contributed by atoms with Gasteiger partial charge in [-0.15, -0.1) is 5.10 Å². The minimum atomic E-state index is -0.0281. The van der Waals surface area contributed by atoms with E-state index >= 15 is 0 Å². The summed E-state index contributed by atoms with van der Waals surface area (Å²) in [6.07, 6.45) is 1.76. The van der Waals surface area contributed by atoms with Crippen LogP contribution in [-0.2, 0) is 9.47 Å². The smallest absolute Gasteiger partial charge is 0.102 e. The molecule has 1 fully saturated rings. The van der Waals surface area contributed by atoms with Gasteiger partial charge in [-0.3, -0.25) is 0 Å². The summed E-state index contributed by atoms with van der Waals surface area (Å²) in [5.41, 5.74) is 1.98. The van der Waals surface area contributed by atoms with Gasteiger partial charge in [-0.2, -0.15) is 0 Å². The number of para-hydroxylation sites is 1. The molecule has 112 valence electrons. The number of aromatic nitrogens is 3. The molecule has 3 rings (SSSR count). The molecule has 0 amide bonds. The van der Waals surface area contributed by atoms with Gasteiger partial charge in [0.15, 0.2) is 0 Å². The molecule has 1 aromatic carbocycles. The summed E-state index contributed by atoms with van der Waals surface area (Å²) in [4.78, 5) is 0. The van der Waals surface area contributed by atoms with Gasteiger partial charge in [0.2, 0.25) is 0 Å². The molecule has 2 atom stereocenters. The molecule has 1 N–H and O–H groups in total. The van der Waals surface area contributed by atoms with Crippen molar-refractivity contribution >= 4 is 0 Å². The van der Waals surface area contributed by atoms with Gasteiger partial charge in [-0.25, -0.2) is 4.68 Å². The standard InChI is InChI=1S/C15H20N4O2/c1-2-16-15(14-11-20-8-9-21-14)13-10-17-18-19(13)12-6-4-3-5-7-12/h3-7,10,14-16H,2,8-9,11H2,1H3. The third-order valence-electron chi connectivity index (χ3n) is 3.53. The van der Waals surface area contributed by atoms with Crippen LogP contribution in [0.2, 0.25) is 0 Å². The van der Waals surface area contributed by atoms with Gasteiger partial charge in [0.1, 0.15) is 6.10 Å². The van der Waals surface area contributed by atoms with Crippen molar-refractivity contribution in [1.29, 1.82) is 0 Å². The fraction of sp³-hybridized carbons (Fsp3) is 0.467. The van der Waals surface area contributed by atoms with Gasteiger partial charge in [0.25, 0.3) is 0 Å². The third kappa shape index (κ3) is 3.12. The maximum Gasteiger partial charge on any atom is 0.102 e. The Morgan fingerprint density at radius 2 is 2.19 bits per heavy atom. The van der Waals surface area contributed by atoms with E-state index in [0.717, 1.165) is 17.9 Å². The number of hydrogen-bond acceptors (Lipinski definition) is 5. The van der Waals surface area contributed by atoms with Crippen molar-refractivity contribution in [3.05, 3.63) is 42.2 Å². The summed E-state index contributed by atoms with van der Waals surface area (Å²) >= 11 is 0. The molecule has 0 aliphatic carbocycles. The Morgan fingerprint density at radius 1 is 1.33 bits per heavy atom.